The molecule has 228 valence electrons. The Bertz CT molecular complexity index is 1780. The zero-order chi connectivity index (χ0) is 32.4. The highest BCUT2D eigenvalue weighted by atomic mass is 16.6. The molecule has 1 saturated carbocycles. The first-order valence-corrected chi connectivity index (χ1v) is 13.6. The maximum atomic E-state index is 14.1. The van der Waals surface area contributed by atoms with Gasteiger partial charge in [-0.1, -0.05) is 11.8 Å². The third-order valence-electron chi connectivity index (χ3n) is 8.60. The minimum absolute atomic E-state index is 0.0267. The molecule has 0 spiro atoms. The number of likely N-dealkylation sites (N-methyl/N-ethyl adjacent to an activating group) is 1. The number of phenols is 1. The third-order valence-corrected chi connectivity index (χ3v) is 8.60. The van der Waals surface area contributed by atoms with Crippen LogP contribution in [0.3, 0.4) is 0 Å². The van der Waals surface area contributed by atoms with Crippen molar-refractivity contribution >= 4 is 34.6 Å². The number of non-ortho nitro benzene ring substituents is 1. The van der Waals surface area contributed by atoms with E-state index in [1.807, 2.05) is 0 Å². The number of hydrogen-bond donors (Lipinski definition) is 5. The van der Waals surface area contributed by atoms with E-state index in [9.17, 15) is 44.9 Å². The summed E-state index contributed by atoms with van der Waals surface area (Å²) in [5, 5.41) is 56.7. The highest BCUT2D eigenvalue weighted by Gasteiger charge is 2.64. The summed E-state index contributed by atoms with van der Waals surface area (Å²) in [5.41, 5.74) is 2.88. The molecule has 3 aliphatic rings. The predicted molar refractivity (Wildman–Crippen MR) is 158 cm³/mol. The second kappa shape index (κ2) is 10.5. The number of benzene rings is 2. The van der Waals surface area contributed by atoms with Crippen molar-refractivity contribution in [2.45, 2.75) is 24.5 Å². The van der Waals surface area contributed by atoms with E-state index in [0.717, 1.165) is 0 Å². The van der Waals surface area contributed by atoms with E-state index >= 15 is 0 Å². The Morgan fingerprint density at radius 2 is 1.73 bits per heavy atom. The molecule has 4 atom stereocenters. The number of nitrogens with two attached hydrogens (primary N) is 1. The number of carbonyl (C=O) groups excluding carboxylic acids is 3. The number of aliphatic hydroxyl groups excluding tert-OH is 2. The van der Waals surface area contributed by atoms with Crippen LogP contribution in [0, 0.1) is 33.8 Å². The number of nitrogens with zero attached hydrogens (tertiary/aromatic N) is 3. The van der Waals surface area contributed by atoms with E-state index in [0.29, 0.717) is 16.8 Å². The van der Waals surface area contributed by atoms with Crippen LogP contribution < -0.4 is 10.6 Å². The molecular formula is C31H30N4O9. The van der Waals surface area contributed by atoms with Crippen LogP contribution in [0.1, 0.15) is 28.7 Å². The molecule has 5 rings (SSSR count). The zero-order valence-corrected chi connectivity index (χ0v) is 24.3. The molecule has 1 amide bonds. The molecule has 0 aliphatic heterocycles. The van der Waals surface area contributed by atoms with Gasteiger partial charge in [-0.05, 0) is 56.6 Å². The van der Waals surface area contributed by atoms with Crippen molar-refractivity contribution in [2.75, 3.05) is 33.1 Å². The van der Waals surface area contributed by atoms with E-state index in [-0.39, 0.29) is 35.2 Å². The van der Waals surface area contributed by atoms with E-state index in [1.54, 1.807) is 25.1 Å². The number of nitro benzene ring substituents is 1. The van der Waals surface area contributed by atoms with Gasteiger partial charge in [0.05, 0.1) is 22.1 Å². The van der Waals surface area contributed by atoms with E-state index in [1.165, 1.54) is 43.3 Å². The van der Waals surface area contributed by atoms with Crippen LogP contribution >= 0.6 is 0 Å². The predicted octanol–water partition coefficient (Wildman–Crippen LogP) is 1.34. The van der Waals surface area contributed by atoms with Gasteiger partial charge in [-0.15, -0.1) is 0 Å². The van der Waals surface area contributed by atoms with Gasteiger partial charge in [0, 0.05) is 49.0 Å². The number of amides is 1. The summed E-state index contributed by atoms with van der Waals surface area (Å²) in [6, 6.07) is 5.92. The van der Waals surface area contributed by atoms with Gasteiger partial charge in [0.25, 0.3) is 11.6 Å². The van der Waals surface area contributed by atoms with Gasteiger partial charge in [-0.3, -0.25) is 29.4 Å². The first-order chi connectivity index (χ1) is 20.6. The zero-order valence-electron chi connectivity index (χ0n) is 24.3. The number of Topliss-reactive ketones (excluding diaryl/α,β-unsaturated/α-hetero) is 2. The lowest BCUT2D eigenvalue weighted by Gasteiger charge is -2.50. The van der Waals surface area contributed by atoms with Crippen molar-refractivity contribution < 1.29 is 39.7 Å². The minimum atomic E-state index is -2.74. The van der Waals surface area contributed by atoms with Gasteiger partial charge in [0.2, 0.25) is 5.78 Å². The number of ketones is 2. The Morgan fingerprint density at radius 1 is 1.09 bits per heavy atom. The summed E-state index contributed by atoms with van der Waals surface area (Å²) >= 11 is 0. The Labute approximate surface area is 251 Å². The van der Waals surface area contributed by atoms with Crippen LogP contribution in [0.15, 0.2) is 47.2 Å². The van der Waals surface area contributed by atoms with Crippen LogP contribution in [0.5, 0.6) is 5.75 Å². The molecule has 3 aliphatic carbocycles. The number of anilines is 1. The van der Waals surface area contributed by atoms with Crippen LogP contribution in [-0.4, -0.2) is 87.6 Å². The summed E-state index contributed by atoms with van der Waals surface area (Å²) < 4.78 is 0. The molecule has 0 heterocycles. The minimum Gasteiger partial charge on any atom is -0.508 e. The number of hydrogen-bond acceptors (Lipinski definition) is 11. The fourth-order valence-corrected chi connectivity index (χ4v) is 6.59. The number of carbonyl (C=O) groups is 3. The number of nitro groups is 1. The lowest BCUT2D eigenvalue weighted by Crippen LogP contribution is -2.65. The lowest BCUT2D eigenvalue weighted by molar-refractivity contribution is -0.384. The van der Waals surface area contributed by atoms with Crippen molar-refractivity contribution in [2.24, 2.45) is 17.6 Å². The number of fused-ring (bicyclic) bond motifs is 3. The molecule has 13 heteroatoms. The highest BCUT2D eigenvalue weighted by molar-refractivity contribution is 6.24. The summed E-state index contributed by atoms with van der Waals surface area (Å²) in [7, 11) is 6.57. The smallest absolute Gasteiger partial charge is 0.269 e. The quantitative estimate of drug-likeness (QED) is 0.146. The Hall–Kier alpha value is -5.19. The molecular weight excluding hydrogens is 572 g/mol. The van der Waals surface area contributed by atoms with Gasteiger partial charge in [0.1, 0.15) is 22.8 Å². The number of rotatable bonds is 4. The van der Waals surface area contributed by atoms with Gasteiger partial charge in [-0.25, -0.2) is 0 Å². The second-order valence-corrected chi connectivity index (χ2v) is 11.6. The maximum Gasteiger partial charge on any atom is 0.269 e. The Balaban J connectivity index is 1.69. The number of phenolic OH excluding ortho intramolecular Hbond substituents is 1. The summed E-state index contributed by atoms with van der Waals surface area (Å²) in [6.07, 6.45) is 0.104. The normalized spacial score (nSPS) is 24.3. The average molecular weight is 603 g/mol. The first kappa shape index (κ1) is 30.3. The summed E-state index contributed by atoms with van der Waals surface area (Å²) in [4.78, 5) is 53.1. The first-order valence-electron chi connectivity index (χ1n) is 13.6. The SMILES string of the molecule is CN(C)c1cc(C#Cc2ccc([N+](=O)[O-])cc2)c(O)c2c1CC1CC3C(N(C)C)C(=O)C(C(N)=O)=C(O)C3(O)C(=O)C1=C2O. The Kier molecular flexibility index (Phi) is 7.23. The van der Waals surface area contributed by atoms with Gasteiger partial charge in [0.15, 0.2) is 11.4 Å². The monoisotopic (exact) mass is 602 g/mol. The van der Waals surface area contributed by atoms with Crippen molar-refractivity contribution in [1.82, 2.24) is 4.90 Å². The number of aliphatic hydroxyl groups is 3. The fraction of sp³-hybridized carbons (Fsp3) is 0.323. The molecule has 2 aromatic carbocycles. The molecule has 0 aromatic heterocycles. The molecule has 0 radical (unpaired) electrons. The average Bonchev–Trinajstić information content (AvgIpc) is 2.94. The third kappa shape index (κ3) is 4.38. The molecule has 6 N–H and O–H groups in total. The van der Waals surface area contributed by atoms with Gasteiger partial charge < -0.3 is 31.1 Å². The lowest BCUT2D eigenvalue weighted by atomic mass is 9.57. The standard InChI is InChI=1S/C31H30N4O9/c1-33(2)20-13-15(8-5-14-6-9-17(10-7-14)35(43)44)25(36)22-18(20)11-16-12-19-24(34(3)4)27(38)23(30(32)41)29(40)31(19,42)28(39)21(16)26(22)37/h6-7,9-10,13,16,19,24,36-37,40,42H,11-12H2,1-4H3,(H2,32,41). The molecule has 2 aromatic rings. The molecule has 44 heavy (non-hydrogen) atoms. The topological polar surface area (TPSA) is 208 Å². The molecule has 13 nitrogen and oxygen atoms in total. The largest absolute Gasteiger partial charge is 0.508 e. The molecule has 1 fully saturated rings. The van der Waals surface area contributed by atoms with Crippen molar-refractivity contribution in [3.8, 4) is 17.6 Å². The second-order valence-electron chi connectivity index (χ2n) is 11.6. The van der Waals surface area contributed by atoms with Crippen molar-refractivity contribution in [3.63, 3.8) is 0 Å². The molecule has 0 saturated heterocycles. The molecule has 4 unspecified atom stereocenters. The Morgan fingerprint density at radius 3 is 2.27 bits per heavy atom. The van der Waals surface area contributed by atoms with Crippen LogP contribution in [0.2, 0.25) is 0 Å². The highest BCUT2D eigenvalue weighted by Crippen LogP contribution is 2.54. The van der Waals surface area contributed by atoms with Crippen LogP contribution in [0.4, 0.5) is 11.4 Å². The van der Waals surface area contributed by atoms with Crippen molar-refractivity contribution in [1.29, 1.82) is 0 Å². The summed E-state index contributed by atoms with van der Waals surface area (Å²) in [6.45, 7) is 0. The van der Waals surface area contributed by atoms with Gasteiger partial charge in [-0.2, -0.15) is 0 Å². The number of aromatic hydroxyl groups is 1. The van der Waals surface area contributed by atoms with Gasteiger partial charge >= 0.3 is 0 Å². The van der Waals surface area contributed by atoms with E-state index in [2.05, 4.69) is 11.8 Å². The van der Waals surface area contributed by atoms with Crippen molar-refractivity contribution in [3.05, 3.63) is 79.6 Å². The van der Waals surface area contributed by atoms with E-state index < -0.39 is 68.7 Å². The fourth-order valence-electron chi connectivity index (χ4n) is 6.59. The number of primary amides is 1. The van der Waals surface area contributed by atoms with Crippen LogP contribution in [0.25, 0.3) is 5.76 Å². The maximum absolute atomic E-state index is 14.1. The molecule has 0 bridgehead atoms. The van der Waals surface area contributed by atoms with Crippen LogP contribution in [-0.2, 0) is 20.8 Å². The summed E-state index contributed by atoms with van der Waals surface area (Å²) in [5.74, 6) is -1.69. The van der Waals surface area contributed by atoms with E-state index in [4.69, 9.17) is 5.73 Å².